The molecule has 3 aromatic carbocycles. The van der Waals surface area contributed by atoms with E-state index < -0.39 is 35.0 Å². The number of fused-ring (bicyclic) bond motifs is 1. The fraction of sp³-hybridized carbons (Fsp3) is 0.290. The summed E-state index contributed by atoms with van der Waals surface area (Å²) in [6.45, 7) is 6.39. The van der Waals surface area contributed by atoms with E-state index in [9.17, 15) is 22.4 Å². The van der Waals surface area contributed by atoms with Gasteiger partial charge in [0.15, 0.2) is 0 Å². The van der Waals surface area contributed by atoms with E-state index >= 15 is 0 Å². The van der Waals surface area contributed by atoms with Crippen LogP contribution in [0.5, 0.6) is 0 Å². The zero-order valence-corrected chi connectivity index (χ0v) is 22.9. The highest BCUT2D eigenvalue weighted by Gasteiger charge is 2.27. The molecule has 3 N–H and O–H groups in total. The molecular weight excluding hydrogens is 536 g/mol. The number of pyridine rings is 1. The SMILES string of the molecule is CC(C)(C)OC(=O)NC1CCN(c2c(-c3cc(F)cc(F)c3)cnc3ccc(-c4cc(F)cc(F)c4N)cc23)CC1. The van der Waals surface area contributed by atoms with Gasteiger partial charge in [0.05, 0.1) is 16.9 Å². The van der Waals surface area contributed by atoms with E-state index in [2.05, 4.69) is 15.2 Å². The maximum atomic E-state index is 14.3. The second kappa shape index (κ2) is 10.9. The van der Waals surface area contributed by atoms with Gasteiger partial charge in [-0.25, -0.2) is 22.4 Å². The molecule has 10 heteroatoms. The van der Waals surface area contributed by atoms with Crippen molar-refractivity contribution < 1.29 is 27.1 Å². The third-order valence-corrected chi connectivity index (χ3v) is 6.95. The molecule has 4 aromatic rings. The summed E-state index contributed by atoms with van der Waals surface area (Å²) in [4.78, 5) is 18.9. The molecular formula is C31H30F4N4O2. The number of hydrogen-bond acceptors (Lipinski definition) is 5. The van der Waals surface area contributed by atoms with Gasteiger partial charge in [-0.05, 0) is 75.1 Å². The third kappa shape index (κ3) is 6.21. The highest BCUT2D eigenvalue weighted by Crippen LogP contribution is 2.40. The van der Waals surface area contributed by atoms with Crippen molar-refractivity contribution in [2.24, 2.45) is 0 Å². The van der Waals surface area contributed by atoms with E-state index in [0.29, 0.717) is 59.2 Å². The number of rotatable bonds is 4. The Labute approximate surface area is 235 Å². The first-order chi connectivity index (χ1) is 19.4. The first-order valence-corrected chi connectivity index (χ1v) is 13.3. The Morgan fingerprint density at radius 1 is 0.927 bits per heavy atom. The average molecular weight is 567 g/mol. The van der Waals surface area contributed by atoms with E-state index in [4.69, 9.17) is 10.5 Å². The van der Waals surface area contributed by atoms with Crippen molar-refractivity contribution in [3.05, 3.63) is 78.0 Å². The number of nitrogens with one attached hydrogen (secondary N) is 1. The van der Waals surface area contributed by atoms with Crippen LogP contribution >= 0.6 is 0 Å². The molecule has 0 aliphatic carbocycles. The smallest absolute Gasteiger partial charge is 0.407 e. The number of benzene rings is 3. The van der Waals surface area contributed by atoms with Crippen LogP contribution in [0.15, 0.2) is 54.7 Å². The lowest BCUT2D eigenvalue weighted by atomic mass is 9.95. The molecule has 6 nitrogen and oxygen atoms in total. The molecule has 41 heavy (non-hydrogen) atoms. The first kappa shape index (κ1) is 28.2. The number of amides is 1. The van der Waals surface area contributed by atoms with Crippen LogP contribution in [-0.2, 0) is 4.74 Å². The molecule has 2 heterocycles. The number of nitrogen functional groups attached to an aromatic ring is 1. The lowest BCUT2D eigenvalue weighted by Crippen LogP contribution is -2.46. The van der Waals surface area contributed by atoms with Gasteiger partial charge in [0, 0.05) is 54.0 Å². The van der Waals surface area contributed by atoms with Crippen molar-refractivity contribution in [1.29, 1.82) is 0 Å². The van der Waals surface area contributed by atoms with E-state index in [1.54, 1.807) is 45.2 Å². The Kier molecular flexibility index (Phi) is 7.50. The molecule has 1 aliphatic heterocycles. The van der Waals surface area contributed by atoms with E-state index in [1.807, 2.05) is 0 Å². The van der Waals surface area contributed by atoms with E-state index in [0.717, 1.165) is 18.2 Å². The summed E-state index contributed by atoms with van der Waals surface area (Å²) in [5, 5.41) is 3.53. The van der Waals surface area contributed by atoms with Gasteiger partial charge in [0.25, 0.3) is 0 Å². The van der Waals surface area contributed by atoms with Gasteiger partial charge in [0.2, 0.25) is 0 Å². The van der Waals surface area contributed by atoms with Gasteiger partial charge >= 0.3 is 6.09 Å². The Bertz CT molecular complexity index is 1610. The summed E-state index contributed by atoms with van der Waals surface area (Å²) < 4.78 is 62.4. The van der Waals surface area contributed by atoms with Crippen LogP contribution in [0.25, 0.3) is 33.2 Å². The van der Waals surface area contributed by atoms with Crippen molar-refractivity contribution in [1.82, 2.24) is 10.3 Å². The summed E-state index contributed by atoms with van der Waals surface area (Å²) in [7, 11) is 0. The summed E-state index contributed by atoms with van der Waals surface area (Å²) in [5.41, 5.74) is 7.80. The standard InChI is InChI=1S/C31H30F4N4O2/c1-31(2,3)41-30(40)38-22-6-8-39(9-7-22)29-24-12-17(23-14-21(34)15-26(35)28(23)36)4-5-27(24)37-16-25(29)18-10-19(32)13-20(33)11-18/h4-5,10-16,22H,6-9,36H2,1-3H3,(H,38,40). The highest BCUT2D eigenvalue weighted by molar-refractivity contribution is 6.02. The second-order valence-corrected chi connectivity index (χ2v) is 11.2. The number of nitrogens with zero attached hydrogens (tertiary/aromatic N) is 2. The average Bonchev–Trinajstić information content (AvgIpc) is 2.88. The van der Waals surface area contributed by atoms with Crippen LogP contribution in [0.1, 0.15) is 33.6 Å². The number of halogens is 4. The predicted molar refractivity (Wildman–Crippen MR) is 151 cm³/mol. The number of carbonyl (C=O) groups is 1. The van der Waals surface area contributed by atoms with E-state index in [1.165, 1.54) is 12.1 Å². The van der Waals surface area contributed by atoms with Crippen molar-refractivity contribution in [3.8, 4) is 22.3 Å². The van der Waals surface area contributed by atoms with Crippen LogP contribution < -0.4 is 16.0 Å². The maximum Gasteiger partial charge on any atom is 0.407 e. The van der Waals surface area contributed by atoms with Crippen LogP contribution in [0.4, 0.5) is 33.7 Å². The fourth-order valence-corrected chi connectivity index (χ4v) is 5.15. The van der Waals surface area contributed by atoms with Gasteiger partial charge in [0.1, 0.15) is 28.9 Å². The lowest BCUT2D eigenvalue weighted by molar-refractivity contribution is 0.0497. The van der Waals surface area contributed by atoms with Gasteiger partial charge in [-0.3, -0.25) is 4.98 Å². The molecule has 1 fully saturated rings. The van der Waals surface area contributed by atoms with Gasteiger partial charge in [-0.15, -0.1) is 0 Å². The Hall–Kier alpha value is -4.34. The third-order valence-electron chi connectivity index (χ3n) is 6.95. The van der Waals surface area contributed by atoms with Gasteiger partial charge in [-0.1, -0.05) is 6.07 Å². The second-order valence-electron chi connectivity index (χ2n) is 11.2. The molecule has 0 unspecified atom stereocenters. The number of hydrogen-bond donors (Lipinski definition) is 2. The molecule has 1 amide bonds. The van der Waals surface area contributed by atoms with Crippen LogP contribution in [-0.4, -0.2) is 35.8 Å². The summed E-state index contributed by atoms with van der Waals surface area (Å²) in [6, 6.07) is 10.1. The molecule has 0 saturated carbocycles. The Morgan fingerprint density at radius 2 is 1.59 bits per heavy atom. The molecule has 0 spiro atoms. The molecule has 1 saturated heterocycles. The van der Waals surface area contributed by atoms with E-state index in [-0.39, 0.29) is 17.3 Å². The minimum atomic E-state index is -0.873. The molecule has 0 radical (unpaired) electrons. The number of aromatic nitrogens is 1. The van der Waals surface area contributed by atoms with Gasteiger partial charge < -0.3 is 20.7 Å². The first-order valence-electron chi connectivity index (χ1n) is 13.3. The lowest BCUT2D eigenvalue weighted by Gasteiger charge is -2.36. The molecule has 0 atom stereocenters. The number of ether oxygens (including phenoxy) is 1. The zero-order chi connectivity index (χ0) is 29.5. The monoisotopic (exact) mass is 566 g/mol. The number of alkyl carbamates (subject to hydrolysis) is 1. The molecule has 1 aromatic heterocycles. The van der Waals surface area contributed by atoms with Crippen LogP contribution in [0, 0.1) is 23.3 Å². The zero-order valence-electron chi connectivity index (χ0n) is 22.9. The quantitative estimate of drug-likeness (QED) is 0.202. The number of piperidine rings is 1. The van der Waals surface area contributed by atoms with Crippen molar-refractivity contribution in [2.45, 2.75) is 45.3 Å². The number of carbonyl (C=O) groups excluding carboxylic acids is 1. The fourth-order valence-electron chi connectivity index (χ4n) is 5.15. The normalized spacial score (nSPS) is 14.4. The van der Waals surface area contributed by atoms with Crippen molar-refractivity contribution in [3.63, 3.8) is 0 Å². The van der Waals surface area contributed by atoms with Crippen molar-refractivity contribution in [2.75, 3.05) is 23.7 Å². The molecule has 0 bridgehead atoms. The molecule has 214 valence electrons. The molecule has 1 aliphatic rings. The van der Waals surface area contributed by atoms with Crippen LogP contribution in [0.2, 0.25) is 0 Å². The Balaban J connectivity index is 1.58. The number of anilines is 2. The maximum absolute atomic E-state index is 14.3. The number of nitrogens with two attached hydrogens (primary N) is 1. The minimum Gasteiger partial charge on any atom is -0.444 e. The largest absolute Gasteiger partial charge is 0.444 e. The summed E-state index contributed by atoms with van der Waals surface area (Å²) >= 11 is 0. The van der Waals surface area contributed by atoms with Gasteiger partial charge in [-0.2, -0.15) is 0 Å². The van der Waals surface area contributed by atoms with Crippen molar-refractivity contribution >= 4 is 28.4 Å². The summed E-state index contributed by atoms with van der Waals surface area (Å²) in [5.74, 6) is -3.11. The molecule has 5 rings (SSSR count). The Morgan fingerprint density at radius 3 is 2.24 bits per heavy atom. The highest BCUT2D eigenvalue weighted by atomic mass is 19.1. The summed E-state index contributed by atoms with van der Waals surface area (Å²) in [6.07, 6.45) is 2.24. The predicted octanol–water partition coefficient (Wildman–Crippen LogP) is 7.20. The minimum absolute atomic E-state index is 0.130. The topological polar surface area (TPSA) is 80.5 Å². The van der Waals surface area contributed by atoms with Crippen LogP contribution in [0.3, 0.4) is 0 Å².